The van der Waals surface area contributed by atoms with Crippen LogP contribution in [0.15, 0.2) is 29.3 Å². The number of imide groups is 1. The lowest BCUT2D eigenvalue weighted by atomic mass is 10.1. The van der Waals surface area contributed by atoms with Gasteiger partial charge >= 0.3 is 12.0 Å². The number of imidazole rings is 1. The first-order valence-electron chi connectivity index (χ1n) is 10.2. The average molecular weight is 410 g/mol. The zero-order valence-electron chi connectivity index (χ0n) is 18.3. The number of aliphatic imine (C=N–C) groups is 1. The minimum Gasteiger partial charge on any atom is -0.497 e. The van der Waals surface area contributed by atoms with Crippen LogP contribution in [0, 0.1) is 19.8 Å². The highest BCUT2D eigenvalue weighted by Crippen LogP contribution is 2.33. The molecule has 2 aliphatic rings. The number of fused-ring (bicyclic) bond motifs is 3. The van der Waals surface area contributed by atoms with Gasteiger partial charge in [0.25, 0.3) is 5.91 Å². The van der Waals surface area contributed by atoms with E-state index in [4.69, 9.17) is 9.73 Å². The molecule has 1 unspecified atom stereocenters. The Morgan fingerprint density at radius 3 is 2.43 bits per heavy atom. The van der Waals surface area contributed by atoms with Gasteiger partial charge in [-0.25, -0.2) is 9.36 Å². The number of aromatic nitrogens is 2. The summed E-state index contributed by atoms with van der Waals surface area (Å²) in [6, 6.07) is 6.77. The highest BCUT2D eigenvalue weighted by Gasteiger charge is 2.54. The standard InChI is InChI=1S/C22H28N5O3/c1-13(2)11-12-25-20(28)18-19(24(5)22(25)29)23-21-26(14(3)15(4)27(18)21)16-7-9-17(30-6)10-8-16/h7-10,13,18H,11-12H2,1-6H3/q+1. The van der Waals surface area contributed by atoms with E-state index >= 15 is 0 Å². The van der Waals surface area contributed by atoms with Gasteiger partial charge in [-0.05, 0) is 50.5 Å². The third kappa shape index (κ3) is 2.89. The molecule has 0 spiro atoms. The lowest BCUT2D eigenvalue weighted by Gasteiger charge is -2.33. The second-order valence-corrected chi connectivity index (χ2v) is 8.26. The third-order valence-corrected chi connectivity index (χ3v) is 5.98. The van der Waals surface area contributed by atoms with Gasteiger partial charge in [0.1, 0.15) is 22.8 Å². The number of amides is 3. The van der Waals surface area contributed by atoms with Crippen molar-refractivity contribution in [2.45, 2.75) is 40.2 Å². The van der Waals surface area contributed by atoms with Crippen LogP contribution in [0.2, 0.25) is 0 Å². The van der Waals surface area contributed by atoms with E-state index in [0.717, 1.165) is 29.2 Å². The maximum absolute atomic E-state index is 13.4. The number of urea groups is 1. The number of ether oxygens (including phenoxy) is 1. The molecule has 8 nitrogen and oxygen atoms in total. The van der Waals surface area contributed by atoms with Crippen molar-refractivity contribution >= 4 is 23.7 Å². The van der Waals surface area contributed by atoms with Gasteiger partial charge in [0.05, 0.1) is 7.11 Å². The molecule has 158 valence electrons. The van der Waals surface area contributed by atoms with Gasteiger partial charge in [0.2, 0.25) is 11.9 Å². The fourth-order valence-corrected chi connectivity index (χ4v) is 4.07. The summed E-state index contributed by atoms with van der Waals surface area (Å²) in [5.74, 6) is 2.08. The Labute approximate surface area is 176 Å². The van der Waals surface area contributed by atoms with Crippen LogP contribution in [-0.2, 0) is 4.79 Å². The molecule has 1 saturated heterocycles. The molecular weight excluding hydrogens is 382 g/mol. The highest BCUT2D eigenvalue weighted by atomic mass is 16.5. The minimum atomic E-state index is -0.618. The molecular formula is C22H28N5O3+. The molecule has 2 aromatic rings. The van der Waals surface area contributed by atoms with E-state index in [-0.39, 0.29) is 11.9 Å². The summed E-state index contributed by atoms with van der Waals surface area (Å²) in [7, 11) is 3.32. The van der Waals surface area contributed by atoms with Gasteiger partial charge in [-0.1, -0.05) is 18.8 Å². The molecule has 1 fully saturated rings. The van der Waals surface area contributed by atoms with E-state index in [1.807, 2.05) is 47.2 Å². The highest BCUT2D eigenvalue weighted by molar-refractivity contribution is 6.19. The lowest BCUT2D eigenvalue weighted by Crippen LogP contribution is -2.63. The van der Waals surface area contributed by atoms with Gasteiger partial charge in [-0.3, -0.25) is 14.6 Å². The number of carbonyl (C=O) groups is 2. The Hall–Kier alpha value is -3.16. The smallest absolute Gasteiger partial charge is 0.407 e. The molecule has 3 amide bonds. The van der Waals surface area contributed by atoms with Crippen LogP contribution in [0.1, 0.15) is 37.7 Å². The maximum atomic E-state index is 13.4. The third-order valence-electron chi connectivity index (χ3n) is 5.98. The van der Waals surface area contributed by atoms with Gasteiger partial charge in [0, 0.05) is 13.6 Å². The second kappa shape index (κ2) is 7.27. The second-order valence-electron chi connectivity index (χ2n) is 8.26. The number of hydrogen-bond donors (Lipinski definition) is 0. The summed E-state index contributed by atoms with van der Waals surface area (Å²) < 4.78 is 9.23. The minimum absolute atomic E-state index is 0.212. The van der Waals surface area contributed by atoms with E-state index < -0.39 is 6.04 Å². The molecule has 0 N–H and O–H groups in total. The summed E-state index contributed by atoms with van der Waals surface area (Å²) in [6.07, 6.45) is 0.771. The zero-order valence-corrected chi connectivity index (χ0v) is 18.3. The van der Waals surface area contributed by atoms with Gasteiger partial charge < -0.3 is 4.74 Å². The predicted molar refractivity (Wildman–Crippen MR) is 112 cm³/mol. The quantitative estimate of drug-likeness (QED) is 0.712. The number of nitrogens with zero attached hydrogens (tertiary/aromatic N) is 5. The number of methoxy groups -OCH3 is 1. The molecule has 1 atom stereocenters. The van der Waals surface area contributed by atoms with Crippen LogP contribution >= 0.6 is 0 Å². The van der Waals surface area contributed by atoms with Crippen molar-refractivity contribution in [3.63, 3.8) is 0 Å². The number of rotatable bonds is 5. The number of benzene rings is 1. The van der Waals surface area contributed by atoms with Crippen molar-refractivity contribution in [1.29, 1.82) is 0 Å². The summed E-state index contributed by atoms with van der Waals surface area (Å²) in [4.78, 5) is 33.9. The molecule has 0 bridgehead atoms. The number of hydrogen-bond acceptors (Lipinski definition) is 4. The molecule has 30 heavy (non-hydrogen) atoms. The molecule has 8 heteroatoms. The number of carbonyl (C=O) groups excluding carboxylic acids is 2. The summed E-state index contributed by atoms with van der Waals surface area (Å²) in [6.45, 7) is 8.58. The average Bonchev–Trinajstić information content (AvgIpc) is 3.22. The monoisotopic (exact) mass is 410 g/mol. The van der Waals surface area contributed by atoms with Crippen LogP contribution in [-0.4, -0.2) is 52.8 Å². The van der Waals surface area contributed by atoms with Crippen molar-refractivity contribution < 1.29 is 18.9 Å². The fourth-order valence-electron chi connectivity index (χ4n) is 4.07. The molecule has 0 aliphatic carbocycles. The van der Waals surface area contributed by atoms with Crippen LogP contribution < -0.4 is 9.30 Å². The predicted octanol–water partition coefficient (Wildman–Crippen LogP) is 2.92. The van der Waals surface area contributed by atoms with Gasteiger partial charge in [-0.2, -0.15) is 4.57 Å². The fraction of sp³-hybridized carbons (Fsp3) is 0.455. The van der Waals surface area contributed by atoms with Crippen molar-refractivity contribution in [2.24, 2.45) is 10.9 Å². The van der Waals surface area contributed by atoms with Crippen LogP contribution in [0.3, 0.4) is 0 Å². The van der Waals surface area contributed by atoms with E-state index in [0.29, 0.717) is 24.2 Å². The van der Waals surface area contributed by atoms with Gasteiger partial charge in [0.15, 0.2) is 0 Å². The van der Waals surface area contributed by atoms with E-state index in [9.17, 15) is 9.59 Å². The first-order chi connectivity index (χ1) is 14.3. The van der Waals surface area contributed by atoms with Crippen LogP contribution in [0.4, 0.5) is 10.7 Å². The molecule has 0 radical (unpaired) electrons. The van der Waals surface area contributed by atoms with E-state index in [1.165, 1.54) is 9.80 Å². The Morgan fingerprint density at radius 2 is 1.83 bits per heavy atom. The molecule has 0 saturated carbocycles. The Balaban J connectivity index is 1.81. The van der Waals surface area contributed by atoms with Crippen molar-refractivity contribution in [3.8, 4) is 11.4 Å². The summed E-state index contributed by atoms with van der Waals surface area (Å²) in [5, 5.41) is 0. The SMILES string of the molecule is COc1ccc(-n2c(C)c(C)[n+]3c2N=C2C3C(=O)N(CCC(C)C)C(=O)N2C)cc1. The topological polar surface area (TPSA) is 71.0 Å². The molecule has 4 rings (SSSR count). The summed E-state index contributed by atoms with van der Waals surface area (Å²) in [5.41, 5.74) is 2.87. The van der Waals surface area contributed by atoms with Crippen LogP contribution in [0.5, 0.6) is 5.75 Å². The molecule has 1 aromatic heterocycles. The molecule has 1 aromatic carbocycles. The largest absolute Gasteiger partial charge is 0.497 e. The molecule has 3 heterocycles. The first kappa shape index (κ1) is 20.1. The Bertz CT molecular complexity index is 1050. The lowest BCUT2D eigenvalue weighted by molar-refractivity contribution is -0.682. The van der Waals surface area contributed by atoms with E-state index in [2.05, 4.69) is 13.8 Å². The van der Waals surface area contributed by atoms with Crippen LogP contribution in [0.25, 0.3) is 5.69 Å². The normalized spacial score (nSPS) is 18.1. The zero-order chi connectivity index (χ0) is 21.7. The maximum Gasteiger partial charge on any atom is 0.407 e. The molecule has 2 aliphatic heterocycles. The Kier molecular flexibility index (Phi) is 4.88. The van der Waals surface area contributed by atoms with Gasteiger partial charge in [-0.15, -0.1) is 0 Å². The first-order valence-corrected chi connectivity index (χ1v) is 10.2. The number of amidine groups is 1. The van der Waals surface area contributed by atoms with E-state index in [1.54, 1.807) is 14.2 Å². The van der Waals surface area contributed by atoms with Crippen molar-refractivity contribution in [3.05, 3.63) is 35.7 Å². The van der Waals surface area contributed by atoms with Crippen molar-refractivity contribution in [1.82, 2.24) is 14.4 Å². The number of likely N-dealkylation sites (N-methyl/N-ethyl adjacent to an activating group) is 1. The summed E-state index contributed by atoms with van der Waals surface area (Å²) >= 11 is 0. The van der Waals surface area contributed by atoms with Crippen molar-refractivity contribution in [2.75, 3.05) is 20.7 Å². The Morgan fingerprint density at radius 1 is 1.17 bits per heavy atom.